The van der Waals surface area contributed by atoms with Gasteiger partial charge in [-0.05, 0) is 41.7 Å². The summed E-state index contributed by atoms with van der Waals surface area (Å²) >= 11 is 0. The minimum absolute atomic E-state index is 0.0247. The van der Waals surface area contributed by atoms with Crippen molar-refractivity contribution in [2.45, 2.75) is 57.1 Å². The van der Waals surface area contributed by atoms with Crippen LogP contribution in [-0.2, 0) is 9.59 Å². The fourth-order valence-corrected chi connectivity index (χ4v) is 3.89. The summed E-state index contributed by atoms with van der Waals surface area (Å²) in [5.41, 5.74) is 0.842. The summed E-state index contributed by atoms with van der Waals surface area (Å²) in [7, 11) is 0. The maximum Gasteiger partial charge on any atom is 0.303 e. The van der Waals surface area contributed by atoms with E-state index in [1.165, 1.54) is 0 Å². The van der Waals surface area contributed by atoms with E-state index >= 15 is 0 Å². The van der Waals surface area contributed by atoms with Crippen LogP contribution in [0.15, 0.2) is 54.6 Å². The second kappa shape index (κ2) is 10.2. The molecule has 1 aliphatic heterocycles. The maximum absolute atomic E-state index is 12.2. The average molecular weight is 395 g/mol. The van der Waals surface area contributed by atoms with E-state index in [4.69, 9.17) is 5.11 Å². The van der Waals surface area contributed by atoms with Crippen LogP contribution in [0.3, 0.4) is 0 Å². The molecule has 5 nitrogen and oxygen atoms in total. The van der Waals surface area contributed by atoms with Gasteiger partial charge in [0.15, 0.2) is 0 Å². The molecule has 0 aromatic heterocycles. The number of carboxylic acid groups (broad SMARTS) is 1. The quantitative estimate of drug-likeness (QED) is 0.460. The van der Waals surface area contributed by atoms with Crippen LogP contribution in [0.4, 0.5) is 0 Å². The van der Waals surface area contributed by atoms with Crippen LogP contribution in [0, 0.1) is 0 Å². The van der Waals surface area contributed by atoms with Crippen molar-refractivity contribution in [3.8, 4) is 0 Å². The number of aliphatic hydroxyl groups is 1. The number of aliphatic hydroxyl groups excluding tert-OH is 1. The van der Waals surface area contributed by atoms with Crippen molar-refractivity contribution in [3.63, 3.8) is 0 Å². The molecule has 1 unspecified atom stereocenters. The molecule has 0 aliphatic carbocycles. The van der Waals surface area contributed by atoms with Crippen LogP contribution in [0.2, 0.25) is 0 Å². The number of carboxylic acids is 1. The molecule has 1 fully saturated rings. The van der Waals surface area contributed by atoms with Gasteiger partial charge in [0.05, 0.1) is 12.1 Å². The number of carbonyl (C=O) groups excluding carboxylic acids is 1. The molecular weight excluding hydrogens is 366 g/mol. The van der Waals surface area contributed by atoms with Crippen LogP contribution in [0.1, 0.15) is 56.6 Å². The van der Waals surface area contributed by atoms with E-state index in [9.17, 15) is 14.7 Å². The number of nitrogens with zero attached hydrogens (tertiary/aromatic N) is 1. The van der Waals surface area contributed by atoms with Crippen LogP contribution >= 0.6 is 0 Å². The molecule has 1 heterocycles. The summed E-state index contributed by atoms with van der Waals surface area (Å²) in [6.07, 6.45) is 7.92. The Labute approximate surface area is 171 Å². The summed E-state index contributed by atoms with van der Waals surface area (Å²) in [6.45, 7) is 0.687. The number of carbonyl (C=O) groups is 2. The van der Waals surface area contributed by atoms with Gasteiger partial charge in [0.25, 0.3) is 0 Å². The lowest BCUT2D eigenvalue weighted by Gasteiger charge is -2.22. The van der Waals surface area contributed by atoms with E-state index < -0.39 is 12.1 Å². The summed E-state index contributed by atoms with van der Waals surface area (Å²) < 4.78 is 0. The third kappa shape index (κ3) is 5.91. The Kier molecular flexibility index (Phi) is 7.42. The van der Waals surface area contributed by atoms with E-state index in [0.717, 1.165) is 42.0 Å². The molecule has 1 amide bonds. The lowest BCUT2D eigenvalue weighted by molar-refractivity contribution is -0.137. The van der Waals surface area contributed by atoms with E-state index in [1.54, 1.807) is 6.08 Å². The van der Waals surface area contributed by atoms with Gasteiger partial charge >= 0.3 is 5.97 Å². The van der Waals surface area contributed by atoms with E-state index in [2.05, 4.69) is 0 Å². The molecule has 1 aliphatic rings. The molecule has 1 saturated heterocycles. The first-order valence-corrected chi connectivity index (χ1v) is 10.4. The van der Waals surface area contributed by atoms with E-state index in [-0.39, 0.29) is 18.4 Å². The molecule has 2 atom stereocenters. The van der Waals surface area contributed by atoms with Gasteiger partial charge in [-0.3, -0.25) is 9.59 Å². The molecule has 3 rings (SSSR count). The van der Waals surface area contributed by atoms with Gasteiger partial charge in [-0.25, -0.2) is 0 Å². The second-order valence-electron chi connectivity index (χ2n) is 7.69. The van der Waals surface area contributed by atoms with Gasteiger partial charge < -0.3 is 15.1 Å². The van der Waals surface area contributed by atoms with Gasteiger partial charge in [-0.1, -0.05) is 61.4 Å². The van der Waals surface area contributed by atoms with Crippen LogP contribution in [0.5, 0.6) is 0 Å². The van der Waals surface area contributed by atoms with Crippen molar-refractivity contribution in [1.29, 1.82) is 0 Å². The number of benzene rings is 2. The highest BCUT2D eigenvalue weighted by molar-refractivity contribution is 5.83. The van der Waals surface area contributed by atoms with Crippen LogP contribution in [-0.4, -0.2) is 39.6 Å². The number of unbranched alkanes of at least 4 members (excludes halogenated alkanes) is 3. The molecule has 2 aromatic carbocycles. The van der Waals surface area contributed by atoms with Gasteiger partial charge in [-0.15, -0.1) is 0 Å². The molecule has 5 heteroatoms. The highest BCUT2D eigenvalue weighted by atomic mass is 16.4. The Morgan fingerprint density at radius 3 is 2.66 bits per heavy atom. The average Bonchev–Trinajstić information content (AvgIpc) is 3.07. The summed E-state index contributed by atoms with van der Waals surface area (Å²) in [4.78, 5) is 24.6. The number of rotatable bonds is 10. The summed E-state index contributed by atoms with van der Waals surface area (Å²) in [5, 5.41) is 21.5. The zero-order valence-electron chi connectivity index (χ0n) is 16.7. The van der Waals surface area contributed by atoms with Crippen molar-refractivity contribution < 1.29 is 19.8 Å². The maximum atomic E-state index is 12.2. The lowest BCUT2D eigenvalue weighted by Crippen LogP contribution is -2.32. The Hall–Kier alpha value is -2.66. The minimum Gasteiger partial charge on any atom is -0.481 e. The Morgan fingerprint density at radius 2 is 1.86 bits per heavy atom. The van der Waals surface area contributed by atoms with Crippen LogP contribution < -0.4 is 0 Å². The normalized spacial score (nSPS) is 18.0. The molecule has 0 spiro atoms. The van der Waals surface area contributed by atoms with Crippen LogP contribution in [0.25, 0.3) is 10.8 Å². The molecule has 0 radical (unpaired) electrons. The number of amides is 1. The number of hydrogen-bond donors (Lipinski definition) is 2. The van der Waals surface area contributed by atoms with Crippen molar-refractivity contribution in [2.24, 2.45) is 0 Å². The zero-order chi connectivity index (χ0) is 20.6. The number of hydrogen-bond acceptors (Lipinski definition) is 3. The van der Waals surface area contributed by atoms with Crippen molar-refractivity contribution in [1.82, 2.24) is 4.90 Å². The van der Waals surface area contributed by atoms with Crippen molar-refractivity contribution >= 4 is 22.6 Å². The van der Waals surface area contributed by atoms with Crippen molar-refractivity contribution in [3.05, 3.63) is 60.2 Å². The fraction of sp³-hybridized carbons (Fsp3) is 0.417. The molecule has 0 bridgehead atoms. The van der Waals surface area contributed by atoms with Gasteiger partial charge in [-0.2, -0.15) is 0 Å². The number of likely N-dealkylation sites (tertiary alicyclic amines) is 1. The van der Waals surface area contributed by atoms with Gasteiger partial charge in [0, 0.05) is 19.4 Å². The number of fused-ring (bicyclic) bond motifs is 1. The molecule has 2 aromatic rings. The predicted molar refractivity (Wildman–Crippen MR) is 114 cm³/mol. The molecule has 0 saturated carbocycles. The van der Waals surface area contributed by atoms with Crippen molar-refractivity contribution in [2.75, 3.05) is 6.54 Å². The second-order valence-corrected chi connectivity index (χ2v) is 7.69. The molecule has 154 valence electrons. The smallest absolute Gasteiger partial charge is 0.303 e. The first-order chi connectivity index (χ1) is 14.0. The Morgan fingerprint density at radius 1 is 1.10 bits per heavy atom. The molecular formula is C24H29NO4. The molecule has 2 N–H and O–H groups in total. The fourth-order valence-electron chi connectivity index (χ4n) is 3.89. The zero-order valence-corrected chi connectivity index (χ0v) is 16.7. The standard InChI is InChI=1S/C24H29NO4/c26-22(20-11-10-18-7-4-5-8-19(18)17-20)14-12-21-13-15-23(27)25(21)16-6-2-1-3-9-24(28)29/h4-5,7-8,10-12,14,17,21-22,26H,1-3,6,9,13,15-16H2,(H,28,29)/b14-12+/t21?,22-/m1/s1. The third-order valence-corrected chi connectivity index (χ3v) is 5.54. The minimum atomic E-state index is -0.755. The van der Waals surface area contributed by atoms with Gasteiger partial charge in [0.2, 0.25) is 5.91 Å². The lowest BCUT2D eigenvalue weighted by atomic mass is 10.0. The van der Waals surface area contributed by atoms with Gasteiger partial charge in [0.1, 0.15) is 0 Å². The first-order valence-electron chi connectivity index (χ1n) is 10.4. The Bertz CT molecular complexity index is 876. The summed E-state index contributed by atoms with van der Waals surface area (Å²) in [6, 6.07) is 14.0. The number of aliphatic carboxylic acids is 1. The summed E-state index contributed by atoms with van der Waals surface area (Å²) in [5.74, 6) is -0.597. The molecule has 29 heavy (non-hydrogen) atoms. The Balaban J connectivity index is 1.53. The largest absolute Gasteiger partial charge is 0.481 e. The topological polar surface area (TPSA) is 77.8 Å². The SMILES string of the molecule is O=C(O)CCCCCCN1C(=O)CCC1/C=C/[C@@H](O)c1ccc2ccccc2c1. The van der Waals surface area contributed by atoms with E-state index in [1.807, 2.05) is 53.4 Å². The first kappa shape index (κ1) is 21.1. The third-order valence-electron chi connectivity index (χ3n) is 5.54. The monoisotopic (exact) mass is 395 g/mol. The highest BCUT2D eigenvalue weighted by Crippen LogP contribution is 2.24. The predicted octanol–water partition coefficient (Wildman–Crippen LogP) is 4.46. The van der Waals surface area contributed by atoms with E-state index in [0.29, 0.717) is 19.4 Å². The highest BCUT2D eigenvalue weighted by Gasteiger charge is 2.28.